The van der Waals surface area contributed by atoms with Crippen LogP contribution in [-0.2, 0) is 9.53 Å². The van der Waals surface area contributed by atoms with E-state index in [1.54, 1.807) is 0 Å². The molecule has 4 heterocycles. The molecular weight excluding hydrogens is 404 g/mol. The summed E-state index contributed by atoms with van der Waals surface area (Å²) in [4.78, 5) is 26.9. The van der Waals surface area contributed by atoms with Crippen LogP contribution in [0, 0.1) is 5.92 Å². The quantitative estimate of drug-likeness (QED) is 0.631. The van der Waals surface area contributed by atoms with Crippen LogP contribution in [0.5, 0.6) is 0 Å². The molecule has 3 aliphatic rings. The summed E-state index contributed by atoms with van der Waals surface area (Å²) in [7, 11) is 0. The Hall–Kier alpha value is -3.00. The first kappa shape index (κ1) is 19.7. The molecule has 2 saturated heterocycles. The number of para-hydroxylation sites is 1. The molecule has 2 aromatic heterocycles. The van der Waals surface area contributed by atoms with Gasteiger partial charge in [0.1, 0.15) is 11.6 Å². The number of nitrogens with zero attached hydrogens (tertiary/aromatic N) is 6. The zero-order chi connectivity index (χ0) is 21.5. The zero-order valence-corrected chi connectivity index (χ0v) is 18.2. The first-order valence-electron chi connectivity index (χ1n) is 11.7. The Morgan fingerprint density at radius 2 is 1.69 bits per heavy atom. The van der Waals surface area contributed by atoms with Crippen molar-refractivity contribution < 1.29 is 9.53 Å². The normalized spacial score (nSPS) is 20.1. The Labute approximate surface area is 187 Å². The molecule has 0 bridgehead atoms. The smallest absolute Gasteiger partial charge is 0.225 e. The number of aromatic nitrogens is 4. The molecule has 1 aliphatic carbocycles. The van der Waals surface area contributed by atoms with Crippen molar-refractivity contribution in [1.82, 2.24) is 24.6 Å². The van der Waals surface area contributed by atoms with Crippen molar-refractivity contribution in [2.45, 2.75) is 31.6 Å². The van der Waals surface area contributed by atoms with Gasteiger partial charge in [-0.1, -0.05) is 18.2 Å². The Morgan fingerprint density at radius 1 is 0.938 bits per heavy atom. The molecule has 1 aromatic carbocycles. The molecule has 0 N–H and O–H groups in total. The molecule has 1 saturated carbocycles. The standard InChI is InChI=1S/C24H28N6O2/c31-24(18-6-7-18)29-12-10-28(11-13-29)22-20-16-25-30(19-4-2-1-3-5-19)23(20)27-21(26-22)17-8-14-32-15-9-17/h1-5,16-18H,6-15H2. The van der Waals surface area contributed by atoms with Gasteiger partial charge < -0.3 is 14.5 Å². The van der Waals surface area contributed by atoms with Crippen LogP contribution in [0.4, 0.5) is 5.82 Å². The number of rotatable bonds is 4. The second-order valence-electron chi connectivity index (χ2n) is 9.01. The average molecular weight is 433 g/mol. The number of amides is 1. The highest BCUT2D eigenvalue weighted by molar-refractivity contribution is 5.88. The fraction of sp³-hybridized carbons (Fsp3) is 0.500. The second-order valence-corrected chi connectivity index (χ2v) is 9.01. The molecule has 6 rings (SSSR count). The number of anilines is 1. The van der Waals surface area contributed by atoms with E-state index in [9.17, 15) is 4.79 Å². The highest BCUT2D eigenvalue weighted by Crippen LogP contribution is 2.33. The molecule has 3 fully saturated rings. The van der Waals surface area contributed by atoms with Gasteiger partial charge in [0.15, 0.2) is 5.65 Å². The van der Waals surface area contributed by atoms with Gasteiger partial charge in [0.25, 0.3) is 0 Å². The van der Waals surface area contributed by atoms with E-state index in [4.69, 9.17) is 14.7 Å². The lowest BCUT2D eigenvalue weighted by Crippen LogP contribution is -2.49. The van der Waals surface area contributed by atoms with Crippen molar-refractivity contribution in [2.75, 3.05) is 44.3 Å². The van der Waals surface area contributed by atoms with Crippen LogP contribution in [-0.4, -0.2) is 69.9 Å². The third kappa shape index (κ3) is 3.62. The summed E-state index contributed by atoms with van der Waals surface area (Å²) in [6.45, 7) is 4.58. The van der Waals surface area contributed by atoms with Crippen LogP contribution in [0.1, 0.15) is 37.4 Å². The molecule has 32 heavy (non-hydrogen) atoms. The topological polar surface area (TPSA) is 76.4 Å². The van der Waals surface area contributed by atoms with Crippen molar-refractivity contribution in [3.05, 3.63) is 42.4 Å². The van der Waals surface area contributed by atoms with Gasteiger partial charge in [-0.15, -0.1) is 0 Å². The van der Waals surface area contributed by atoms with Gasteiger partial charge in [-0.3, -0.25) is 4.79 Å². The van der Waals surface area contributed by atoms with Crippen LogP contribution in [0.15, 0.2) is 36.5 Å². The number of carbonyl (C=O) groups excluding carboxylic acids is 1. The van der Waals surface area contributed by atoms with Crippen molar-refractivity contribution in [1.29, 1.82) is 0 Å². The minimum Gasteiger partial charge on any atom is -0.381 e. The number of ether oxygens (including phenoxy) is 1. The Kier molecular flexibility index (Phi) is 5.02. The third-order valence-electron chi connectivity index (χ3n) is 6.83. The molecule has 0 atom stereocenters. The lowest BCUT2D eigenvalue weighted by atomic mass is 9.99. The van der Waals surface area contributed by atoms with E-state index < -0.39 is 0 Å². The Morgan fingerprint density at radius 3 is 2.41 bits per heavy atom. The fourth-order valence-corrected chi connectivity index (χ4v) is 4.77. The molecule has 3 aromatic rings. The zero-order valence-electron chi connectivity index (χ0n) is 18.2. The number of hydrogen-bond donors (Lipinski definition) is 0. The van der Waals surface area contributed by atoms with Gasteiger partial charge in [0, 0.05) is 51.2 Å². The van der Waals surface area contributed by atoms with E-state index in [0.717, 1.165) is 93.4 Å². The number of benzene rings is 1. The van der Waals surface area contributed by atoms with E-state index in [1.807, 2.05) is 46.1 Å². The van der Waals surface area contributed by atoms with Crippen LogP contribution in [0.2, 0.25) is 0 Å². The number of piperazine rings is 1. The average Bonchev–Trinajstić information content (AvgIpc) is 3.63. The van der Waals surface area contributed by atoms with E-state index in [0.29, 0.717) is 11.8 Å². The van der Waals surface area contributed by atoms with E-state index in [-0.39, 0.29) is 5.92 Å². The maximum atomic E-state index is 12.5. The summed E-state index contributed by atoms with van der Waals surface area (Å²) in [6.07, 6.45) is 5.87. The maximum Gasteiger partial charge on any atom is 0.225 e. The summed E-state index contributed by atoms with van der Waals surface area (Å²) in [5.41, 5.74) is 1.84. The first-order valence-corrected chi connectivity index (χ1v) is 11.7. The van der Waals surface area contributed by atoms with Crippen LogP contribution < -0.4 is 4.90 Å². The number of hydrogen-bond acceptors (Lipinski definition) is 6. The van der Waals surface area contributed by atoms with Gasteiger partial charge >= 0.3 is 0 Å². The van der Waals surface area contributed by atoms with Crippen molar-refractivity contribution >= 4 is 22.8 Å². The van der Waals surface area contributed by atoms with Crippen LogP contribution >= 0.6 is 0 Å². The fourth-order valence-electron chi connectivity index (χ4n) is 4.77. The summed E-state index contributed by atoms with van der Waals surface area (Å²) in [5, 5.41) is 5.64. The first-order chi connectivity index (χ1) is 15.8. The van der Waals surface area contributed by atoms with Crippen molar-refractivity contribution in [3.63, 3.8) is 0 Å². The second kappa shape index (κ2) is 8.16. The molecule has 0 unspecified atom stereocenters. The van der Waals surface area contributed by atoms with Crippen molar-refractivity contribution in [2.24, 2.45) is 5.92 Å². The Balaban J connectivity index is 1.37. The third-order valence-corrected chi connectivity index (χ3v) is 6.83. The number of fused-ring (bicyclic) bond motifs is 1. The Bertz CT molecular complexity index is 1110. The predicted molar refractivity (Wildman–Crippen MR) is 121 cm³/mol. The minimum absolute atomic E-state index is 0.275. The summed E-state index contributed by atoms with van der Waals surface area (Å²) < 4.78 is 7.48. The van der Waals surface area contributed by atoms with Gasteiger partial charge in [-0.25, -0.2) is 14.6 Å². The monoisotopic (exact) mass is 432 g/mol. The van der Waals surface area contributed by atoms with Crippen LogP contribution in [0.25, 0.3) is 16.7 Å². The van der Waals surface area contributed by atoms with E-state index in [2.05, 4.69) is 10.00 Å². The molecular formula is C24H28N6O2. The molecule has 1 amide bonds. The summed E-state index contributed by atoms with van der Waals surface area (Å²) >= 11 is 0. The SMILES string of the molecule is O=C(C1CC1)N1CCN(c2nc(C3CCOCC3)nc3c2cnn3-c2ccccc2)CC1. The molecule has 0 spiro atoms. The summed E-state index contributed by atoms with van der Waals surface area (Å²) in [5.74, 6) is 2.72. The van der Waals surface area contributed by atoms with Gasteiger partial charge in [-0.2, -0.15) is 5.10 Å². The van der Waals surface area contributed by atoms with E-state index >= 15 is 0 Å². The molecule has 166 valence electrons. The molecule has 0 radical (unpaired) electrons. The van der Waals surface area contributed by atoms with Crippen molar-refractivity contribution in [3.8, 4) is 5.69 Å². The lowest BCUT2D eigenvalue weighted by Gasteiger charge is -2.36. The van der Waals surface area contributed by atoms with Gasteiger partial charge in [0.05, 0.1) is 17.3 Å². The molecule has 2 aliphatic heterocycles. The highest BCUT2D eigenvalue weighted by Gasteiger charge is 2.35. The van der Waals surface area contributed by atoms with Gasteiger partial charge in [0.2, 0.25) is 5.91 Å². The largest absolute Gasteiger partial charge is 0.381 e. The predicted octanol–water partition coefficient (Wildman–Crippen LogP) is 2.77. The number of carbonyl (C=O) groups is 1. The van der Waals surface area contributed by atoms with Gasteiger partial charge in [-0.05, 0) is 37.8 Å². The van der Waals surface area contributed by atoms with E-state index in [1.165, 1.54) is 0 Å². The molecule has 8 heteroatoms. The molecule has 8 nitrogen and oxygen atoms in total. The minimum atomic E-state index is 0.275. The maximum absolute atomic E-state index is 12.5. The highest BCUT2D eigenvalue weighted by atomic mass is 16.5. The lowest BCUT2D eigenvalue weighted by molar-refractivity contribution is -0.132. The van der Waals surface area contributed by atoms with Crippen LogP contribution in [0.3, 0.4) is 0 Å². The summed E-state index contributed by atoms with van der Waals surface area (Å²) in [6, 6.07) is 10.1.